The summed E-state index contributed by atoms with van der Waals surface area (Å²) in [5.41, 5.74) is 0.666. The summed E-state index contributed by atoms with van der Waals surface area (Å²) in [6.45, 7) is 1.11. The zero-order valence-corrected chi connectivity index (χ0v) is 15.9. The van der Waals surface area contributed by atoms with Crippen LogP contribution in [-0.2, 0) is 16.1 Å². The second-order valence-electron chi connectivity index (χ2n) is 6.68. The number of carbonyl (C=O) groups excluding carboxylic acids is 2. The van der Waals surface area contributed by atoms with Crippen molar-refractivity contribution >= 4 is 17.5 Å². The standard InChI is InChI=1S/C21H22N4O4/c26-18(10-14-24-15-11-19(27)23-21(24)29)22-12-3-4-16-6-8-17(9-7-16)25-13-2-1-5-20(25)28/h6-9,11,15H,1-2,5,10,12-14H2,(H,22,26)(H,23,27,29). The van der Waals surface area contributed by atoms with E-state index in [0.717, 1.165) is 30.6 Å². The number of nitrogens with zero attached hydrogens (tertiary/aromatic N) is 2. The average Bonchev–Trinajstić information content (AvgIpc) is 2.71. The first-order valence-corrected chi connectivity index (χ1v) is 9.49. The van der Waals surface area contributed by atoms with E-state index in [4.69, 9.17) is 0 Å². The molecule has 3 rings (SSSR count). The van der Waals surface area contributed by atoms with Crippen LogP contribution in [0.1, 0.15) is 31.2 Å². The van der Waals surface area contributed by atoms with E-state index in [2.05, 4.69) is 22.1 Å². The van der Waals surface area contributed by atoms with Crippen molar-refractivity contribution in [1.82, 2.24) is 14.9 Å². The van der Waals surface area contributed by atoms with Crippen molar-refractivity contribution in [3.05, 3.63) is 62.9 Å². The Morgan fingerprint density at radius 3 is 2.62 bits per heavy atom. The monoisotopic (exact) mass is 394 g/mol. The summed E-state index contributed by atoms with van der Waals surface area (Å²) in [5.74, 6) is 5.76. The van der Waals surface area contributed by atoms with Gasteiger partial charge in [0.1, 0.15) is 0 Å². The summed E-state index contributed by atoms with van der Waals surface area (Å²) in [4.78, 5) is 50.3. The Kier molecular flexibility index (Phi) is 6.63. The third-order valence-electron chi connectivity index (χ3n) is 4.59. The molecule has 1 aliphatic heterocycles. The van der Waals surface area contributed by atoms with Gasteiger partial charge in [0.2, 0.25) is 11.8 Å². The highest BCUT2D eigenvalue weighted by Gasteiger charge is 2.19. The molecule has 0 spiro atoms. The molecular formula is C21H22N4O4. The van der Waals surface area contributed by atoms with Crippen molar-refractivity contribution in [2.75, 3.05) is 18.0 Å². The predicted molar refractivity (Wildman–Crippen MR) is 108 cm³/mol. The molecule has 2 amide bonds. The van der Waals surface area contributed by atoms with E-state index in [1.807, 2.05) is 24.3 Å². The Morgan fingerprint density at radius 2 is 1.90 bits per heavy atom. The average molecular weight is 394 g/mol. The van der Waals surface area contributed by atoms with Gasteiger partial charge in [-0.05, 0) is 37.1 Å². The SMILES string of the molecule is O=C(CCn1ccc(=O)[nH]c1=O)NCC#Cc1ccc(N2CCCCC2=O)cc1. The van der Waals surface area contributed by atoms with Gasteiger partial charge in [-0.1, -0.05) is 11.8 Å². The minimum atomic E-state index is -0.542. The van der Waals surface area contributed by atoms with Crippen molar-refractivity contribution in [2.45, 2.75) is 32.2 Å². The van der Waals surface area contributed by atoms with Crippen LogP contribution in [0.2, 0.25) is 0 Å². The maximum atomic E-state index is 12.0. The van der Waals surface area contributed by atoms with Crippen LogP contribution in [0.15, 0.2) is 46.1 Å². The van der Waals surface area contributed by atoms with Crippen LogP contribution in [0, 0.1) is 11.8 Å². The zero-order chi connectivity index (χ0) is 20.6. The number of H-pyrrole nitrogens is 1. The van der Waals surface area contributed by atoms with Crippen LogP contribution in [-0.4, -0.2) is 34.5 Å². The molecule has 8 nitrogen and oxygen atoms in total. The van der Waals surface area contributed by atoms with E-state index in [1.165, 1.54) is 16.8 Å². The molecule has 150 valence electrons. The summed E-state index contributed by atoms with van der Waals surface area (Å²) < 4.78 is 1.27. The van der Waals surface area contributed by atoms with E-state index < -0.39 is 11.2 Å². The molecule has 8 heteroatoms. The van der Waals surface area contributed by atoms with Crippen LogP contribution in [0.3, 0.4) is 0 Å². The van der Waals surface area contributed by atoms with Crippen LogP contribution in [0.5, 0.6) is 0 Å². The van der Waals surface area contributed by atoms with Gasteiger partial charge in [-0.15, -0.1) is 0 Å². The molecule has 0 atom stereocenters. The van der Waals surface area contributed by atoms with Gasteiger partial charge < -0.3 is 14.8 Å². The smallest absolute Gasteiger partial charge is 0.328 e. The van der Waals surface area contributed by atoms with Gasteiger partial charge in [0.05, 0.1) is 6.54 Å². The fourth-order valence-electron chi connectivity index (χ4n) is 3.02. The van der Waals surface area contributed by atoms with E-state index in [1.54, 1.807) is 4.90 Å². The maximum Gasteiger partial charge on any atom is 0.328 e. The molecule has 2 aromatic rings. The van der Waals surface area contributed by atoms with Crippen molar-refractivity contribution in [1.29, 1.82) is 0 Å². The molecule has 1 aliphatic rings. The molecule has 0 bridgehead atoms. The number of aromatic nitrogens is 2. The second-order valence-corrected chi connectivity index (χ2v) is 6.68. The summed E-state index contributed by atoms with van der Waals surface area (Å²) in [6.07, 6.45) is 4.02. The molecule has 2 heterocycles. The third kappa shape index (κ3) is 5.69. The number of nitrogens with one attached hydrogen (secondary N) is 2. The summed E-state index contributed by atoms with van der Waals surface area (Å²) in [6, 6.07) is 8.71. The number of hydrogen-bond donors (Lipinski definition) is 2. The number of piperidine rings is 1. The molecule has 1 fully saturated rings. The lowest BCUT2D eigenvalue weighted by atomic mass is 10.1. The Hall–Kier alpha value is -3.60. The van der Waals surface area contributed by atoms with E-state index >= 15 is 0 Å². The first-order chi connectivity index (χ1) is 14.0. The first-order valence-electron chi connectivity index (χ1n) is 9.49. The van der Waals surface area contributed by atoms with Crippen molar-refractivity contribution in [2.24, 2.45) is 0 Å². The summed E-state index contributed by atoms with van der Waals surface area (Å²) >= 11 is 0. The highest BCUT2D eigenvalue weighted by Crippen LogP contribution is 2.20. The molecule has 1 saturated heterocycles. The summed E-state index contributed by atoms with van der Waals surface area (Å²) in [7, 11) is 0. The molecule has 0 saturated carbocycles. The van der Waals surface area contributed by atoms with Crippen LogP contribution < -0.4 is 21.5 Å². The number of hydrogen-bond acceptors (Lipinski definition) is 4. The normalized spacial score (nSPS) is 13.5. The second kappa shape index (κ2) is 9.55. The fraction of sp³-hybridized carbons (Fsp3) is 0.333. The molecule has 29 heavy (non-hydrogen) atoms. The zero-order valence-electron chi connectivity index (χ0n) is 15.9. The molecule has 1 aromatic carbocycles. The number of amides is 2. The maximum absolute atomic E-state index is 12.0. The summed E-state index contributed by atoms with van der Waals surface area (Å²) in [5, 5.41) is 2.67. The number of anilines is 1. The third-order valence-corrected chi connectivity index (χ3v) is 4.59. The minimum Gasteiger partial charge on any atom is -0.345 e. The quantitative estimate of drug-likeness (QED) is 0.725. The lowest BCUT2D eigenvalue weighted by molar-refractivity contribution is -0.121. The van der Waals surface area contributed by atoms with Gasteiger partial charge in [0, 0.05) is 49.4 Å². The number of benzene rings is 1. The van der Waals surface area contributed by atoms with Crippen LogP contribution >= 0.6 is 0 Å². The number of rotatable bonds is 5. The van der Waals surface area contributed by atoms with Crippen LogP contribution in [0.4, 0.5) is 5.69 Å². The van der Waals surface area contributed by atoms with Crippen molar-refractivity contribution < 1.29 is 9.59 Å². The molecule has 1 aromatic heterocycles. The lowest BCUT2D eigenvalue weighted by Gasteiger charge is -2.26. The van der Waals surface area contributed by atoms with Gasteiger partial charge in [-0.2, -0.15) is 0 Å². The van der Waals surface area contributed by atoms with Gasteiger partial charge in [0.15, 0.2) is 0 Å². The van der Waals surface area contributed by atoms with Gasteiger partial charge in [0.25, 0.3) is 5.56 Å². The number of aromatic amines is 1. The van der Waals surface area contributed by atoms with Gasteiger partial charge in [-0.3, -0.25) is 19.4 Å². The molecule has 0 radical (unpaired) electrons. The lowest BCUT2D eigenvalue weighted by Crippen LogP contribution is -2.35. The largest absolute Gasteiger partial charge is 0.345 e. The van der Waals surface area contributed by atoms with Crippen molar-refractivity contribution in [3.8, 4) is 11.8 Å². The topological polar surface area (TPSA) is 104 Å². The first kappa shape index (κ1) is 20.1. The minimum absolute atomic E-state index is 0.103. The number of aryl methyl sites for hydroxylation is 1. The van der Waals surface area contributed by atoms with Crippen molar-refractivity contribution in [3.63, 3.8) is 0 Å². The van der Waals surface area contributed by atoms with Gasteiger partial charge >= 0.3 is 5.69 Å². The molecule has 0 unspecified atom stereocenters. The van der Waals surface area contributed by atoms with E-state index in [-0.39, 0.29) is 31.3 Å². The van der Waals surface area contributed by atoms with E-state index in [0.29, 0.717) is 6.42 Å². The predicted octanol–water partition coefficient (Wildman–Crippen LogP) is 0.611. The Balaban J connectivity index is 1.46. The highest BCUT2D eigenvalue weighted by atomic mass is 16.2. The Labute approximate surface area is 167 Å². The van der Waals surface area contributed by atoms with E-state index in [9.17, 15) is 19.2 Å². The van der Waals surface area contributed by atoms with Gasteiger partial charge in [-0.25, -0.2) is 4.79 Å². The Bertz CT molecular complexity index is 1060. The Morgan fingerprint density at radius 1 is 1.10 bits per heavy atom. The van der Waals surface area contributed by atoms with Crippen LogP contribution in [0.25, 0.3) is 0 Å². The number of carbonyl (C=O) groups is 2. The highest BCUT2D eigenvalue weighted by molar-refractivity contribution is 5.94. The fourth-order valence-corrected chi connectivity index (χ4v) is 3.02. The molecular weight excluding hydrogens is 372 g/mol. The molecule has 0 aliphatic carbocycles. The molecule has 2 N–H and O–H groups in total.